The highest BCUT2D eigenvalue weighted by atomic mass is 32.2. The Balaban J connectivity index is 1.51. The van der Waals surface area contributed by atoms with E-state index in [1.807, 2.05) is 6.07 Å². The van der Waals surface area contributed by atoms with Gasteiger partial charge in [-0.25, -0.2) is 4.79 Å². The van der Waals surface area contributed by atoms with E-state index in [0.717, 1.165) is 53.5 Å². The molecule has 38 heavy (non-hydrogen) atoms. The Morgan fingerprint density at radius 3 is 2.50 bits per heavy atom. The van der Waals surface area contributed by atoms with Crippen molar-refractivity contribution in [2.24, 2.45) is 0 Å². The number of amides is 1. The van der Waals surface area contributed by atoms with E-state index in [1.165, 1.54) is 17.3 Å². The number of anilines is 1. The Bertz CT molecular complexity index is 1600. The zero-order valence-corrected chi connectivity index (χ0v) is 24.2. The van der Waals surface area contributed by atoms with E-state index in [9.17, 15) is 18.0 Å². The summed E-state index contributed by atoms with van der Waals surface area (Å²) in [6.45, 7) is 10.7. The van der Waals surface area contributed by atoms with Crippen LogP contribution in [-0.4, -0.2) is 53.5 Å². The summed E-state index contributed by atoms with van der Waals surface area (Å²) < 4.78 is 37.3. The monoisotopic (exact) mass is 574 g/mol. The fourth-order valence-electron chi connectivity index (χ4n) is 5.44. The van der Waals surface area contributed by atoms with Gasteiger partial charge in [-0.1, -0.05) is 57.8 Å². The number of carbonyl (C=O) groups is 1. The molecule has 3 aliphatic heterocycles. The maximum Gasteiger partial charge on any atom is 0.343 e. The van der Waals surface area contributed by atoms with Crippen molar-refractivity contribution in [3.05, 3.63) is 56.3 Å². The van der Waals surface area contributed by atoms with Gasteiger partial charge >= 0.3 is 5.63 Å². The minimum absolute atomic E-state index is 0.00153. The molecule has 202 valence electrons. The van der Waals surface area contributed by atoms with E-state index in [2.05, 4.69) is 38.7 Å². The van der Waals surface area contributed by atoms with Crippen LogP contribution in [0.3, 0.4) is 0 Å². The van der Waals surface area contributed by atoms with Crippen molar-refractivity contribution in [3.8, 4) is 0 Å². The van der Waals surface area contributed by atoms with Gasteiger partial charge in [0.2, 0.25) is 0 Å². The summed E-state index contributed by atoms with van der Waals surface area (Å²) in [6, 6.07) is 4.00. The molecule has 1 amide bonds. The minimum Gasteiger partial charge on any atom is -0.422 e. The molecule has 5 rings (SSSR count). The molecule has 0 atom stereocenters. The highest BCUT2D eigenvalue weighted by Gasteiger charge is 2.42. The summed E-state index contributed by atoms with van der Waals surface area (Å²) in [6.07, 6.45) is 6.76. The van der Waals surface area contributed by atoms with Gasteiger partial charge in [-0.05, 0) is 53.5 Å². The van der Waals surface area contributed by atoms with Crippen LogP contribution >= 0.6 is 24.0 Å². The zero-order valence-electron chi connectivity index (χ0n) is 21.7. The van der Waals surface area contributed by atoms with Gasteiger partial charge in [-0.15, -0.1) is 0 Å². The minimum atomic E-state index is -4.22. The Hall–Kier alpha value is -2.47. The summed E-state index contributed by atoms with van der Waals surface area (Å²) >= 11 is 6.22. The van der Waals surface area contributed by atoms with Crippen LogP contribution in [0.4, 0.5) is 5.69 Å². The molecule has 0 radical (unpaired) electrons. The van der Waals surface area contributed by atoms with Crippen LogP contribution in [0.1, 0.15) is 57.2 Å². The number of carbonyl (C=O) groups excluding carboxylic acids is 1. The Morgan fingerprint density at radius 2 is 1.82 bits per heavy atom. The first-order valence-corrected chi connectivity index (χ1v) is 15.3. The molecule has 11 heteroatoms. The molecule has 0 spiro atoms. The third kappa shape index (κ3) is 4.85. The van der Waals surface area contributed by atoms with Gasteiger partial charge in [0.25, 0.3) is 16.0 Å². The summed E-state index contributed by atoms with van der Waals surface area (Å²) in [4.78, 5) is 29.5. The summed E-state index contributed by atoms with van der Waals surface area (Å²) in [5.74, 6) is -1.05. The lowest BCUT2D eigenvalue weighted by atomic mass is 9.69. The molecule has 0 unspecified atom stereocenters. The van der Waals surface area contributed by atoms with E-state index in [-0.39, 0.29) is 21.7 Å². The van der Waals surface area contributed by atoms with Gasteiger partial charge in [0.1, 0.15) is 9.90 Å². The molecule has 8 nitrogen and oxygen atoms in total. The Kier molecular flexibility index (Phi) is 6.65. The first kappa shape index (κ1) is 27.1. The smallest absolute Gasteiger partial charge is 0.343 e. The van der Waals surface area contributed by atoms with Gasteiger partial charge in [0.05, 0.1) is 16.2 Å². The standard InChI is InChI=1S/C27H30N2O6S3/c1-26(2)8-10-28-11-9-27(3,4)20-21(28)18(26)15-17-14-16(24(31)35-22(17)20)6-5-7-19-23(30)29(25(36)37-19)12-13-38(32,33)34/h5-7,14-15H,8-13H2,1-4H3,(H,32,33,34). The van der Waals surface area contributed by atoms with E-state index >= 15 is 0 Å². The Labute approximate surface area is 231 Å². The van der Waals surface area contributed by atoms with Crippen LogP contribution in [-0.2, 0) is 25.7 Å². The number of rotatable bonds is 5. The van der Waals surface area contributed by atoms with Crippen LogP contribution in [0, 0.1) is 0 Å². The van der Waals surface area contributed by atoms with Gasteiger partial charge < -0.3 is 9.32 Å². The lowest BCUT2D eigenvalue weighted by Gasteiger charge is -2.48. The second-order valence-electron chi connectivity index (χ2n) is 11.3. The second kappa shape index (κ2) is 9.32. The first-order valence-electron chi connectivity index (χ1n) is 12.5. The molecule has 1 aromatic carbocycles. The van der Waals surface area contributed by atoms with E-state index in [0.29, 0.717) is 16.1 Å². The Morgan fingerprint density at radius 1 is 1.13 bits per heavy atom. The topological polar surface area (TPSA) is 108 Å². The molecule has 3 aliphatic rings. The molecule has 4 heterocycles. The number of benzene rings is 1. The highest BCUT2D eigenvalue weighted by Crippen LogP contribution is 2.51. The third-order valence-electron chi connectivity index (χ3n) is 7.73. The summed E-state index contributed by atoms with van der Waals surface area (Å²) in [5.41, 5.74) is 4.00. The second-order valence-corrected chi connectivity index (χ2v) is 14.6. The highest BCUT2D eigenvalue weighted by molar-refractivity contribution is 8.26. The SMILES string of the molecule is CC1(C)CCN2CCC(C)(C)c3c2c1cc1cc(C=CC=C2SC(=S)N(CCS(=O)(=O)O)C2=O)c(=O)oc31. The lowest BCUT2D eigenvalue weighted by molar-refractivity contribution is -0.122. The fraction of sp³-hybridized carbons (Fsp3) is 0.444. The molecular formula is C27H30N2O6S3. The van der Waals surface area contributed by atoms with Crippen LogP contribution < -0.4 is 10.5 Å². The van der Waals surface area contributed by atoms with Crippen molar-refractivity contribution in [2.75, 3.05) is 30.3 Å². The number of thiocarbonyl (C=S) groups is 1. The van der Waals surface area contributed by atoms with Crippen molar-refractivity contribution in [3.63, 3.8) is 0 Å². The number of fused-ring (bicyclic) bond motifs is 2. The molecule has 1 fully saturated rings. The molecule has 0 bridgehead atoms. The molecular weight excluding hydrogens is 545 g/mol. The van der Waals surface area contributed by atoms with E-state index < -0.39 is 27.4 Å². The first-order chi connectivity index (χ1) is 17.7. The van der Waals surface area contributed by atoms with Gasteiger partial charge in [-0.2, -0.15) is 8.42 Å². The molecule has 2 aromatic rings. The molecule has 1 saturated heterocycles. The molecule has 0 saturated carbocycles. The van der Waals surface area contributed by atoms with Crippen LogP contribution in [0.5, 0.6) is 0 Å². The summed E-state index contributed by atoms with van der Waals surface area (Å²) in [5, 5.41) is 0.874. The van der Waals surface area contributed by atoms with Crippen molar-refractivity contribution >= 4 is 67.1 Å². The predicted molar refractivity (Wildman–Crippen MR) is 155 cm³/mol. The summed E-state index contributed by atoms with van der Waals surface area (Å²) in [7, 11) is -4.22. The van der Waals surface area contributed by atoms with Gasteiger partial charge in [-0.3, -0.25) is 14.2 Å². The fourth-order valence-corrected chi connectivity index (χ4v) is 7.11. The van der Waals surface area contributed by atoms with Crippen LogP contribution in [0.15, 0.2) is 38.4 Å². The number of thioether (sulfide) groups is 1. The third-order valence-corrected chi connectivity index (χ3v) is 9.82. The maximum absolute atomic E-state index is 13.0. The van der Waals surface area contributed by atoms with Gasteiger partial charge in [0.15, 0.2) is 0 Å². The maximum atomic E-state index is 13.0. The molecule has 1 N–H and O–H groups in total. The largest absolute Gasteiger partial charge is 0.422 e. The van der Waals surface area contributed by atoms with Crippen LogP contribution in [0.25, 0.3) is 17.0 Å². The molecule has 0 aliphatic carbocycles. The normalized spacial score (nSPS) is 21.7. The van der Waals surface area contributed by atoms with Crippen molar-refractivity contribution < 1.29 is 22.2 Å². The van der Waals surface area contributed by atoms with Crippen molar-refractivity contribution in [1.82, 2.24) is 4.90 Å². The van der Waals surface area contributed by atoms with Crippen molar-refractivity contribution in [1.29, 1.82) is 0 Å². The number of hydrogen-bond donors (Lipinski definition) is 1. The number of nitrogens with zero attached hydrogens (tertiary/aromatic N) is 2. The number of hydrogen-bond acceptors (Lipinski definition) is 8. The van der Waals surface area contributed by atoms with Gasteiger partial charge in [0, 0.05) is 36.3 Å². The predicted octanol–water partition coefficient (Wildman–Crippen LogP) is 4.61. The van der Waals surface area contributed by atoms with E-state index in [4.69, 9.17) is 21.2 Å². The lowest BCUT2D eigenvalue weighted by Crippen LogP contribution is -2.44. The quantitative estimate of drug-likeness (QED) is 0.237. The number of allylic oxidation sites excluding steroid dienone is 2. The average molecular weight is 575 g/mol. The van der Waals surface area contributed by atoms with Crippen molar-refractivity contribution in [2.45, 2.75) is 51.4 Å². The average Bonchev–Trinajstić information content (AvgIpc) is 3.08. The van der Waals surface area contributed by atoms with E-state index in [1.54, 1.807) is 12.2 Å². The zero-order chi connectivity index (χ0) is 27.6. The van der Waals surface area contributed by atoms with Crippen LogP contribution in [0.2, 0.25) is 0 Å². The molecule has 1 aromatic heterocycles.